The van der Waals surface area contributed by atoms with Crippen molar-refractivity contribution in [2.45, 2.75) is 0 Å². The molecule has 2 rings (SSSR count). The van der Waals surface area contributed by atoms with Crippen LogP contribution in [0.4, 0.5) is 11.4 Å². The molecular formula is C12H6Br6N2. The van der Waals surface area contributed by atoms with Crippen molar-refractivity contribution in [2.24, 2.45) is 0 Å². The Labute approximate surface area is 166 Å². The van der Waals surface area contributed by atoms with Crippen LogP contribution in [-0.2, 0) is 0 Å². The first-order chi connectivity index (χ1) is 9.27. The molecule has 0 aliphatic rings. The third-order valence-corrected chi connectivity index (χ3v) is 9.19. The third-order valence-electron chi connectivity index (χ3n) is 2.68. The van der Waals surface area contributed by atoms with Crippen LogP contribution in [0.25, 0.3) is 11.1 Å². The van der Waals surface area contributed by atoms with Crippen molar-refractivity contribution in [1.82, 2.24) is 0 Å². The fraction of sp³-hybridized carbons (Fsp3) is 0. The Kier molecular flexibility index (Phi) is 5.68. The minimum Gasteiger partial charge on any atom is -0.398 e. The minimum atomic E-state index is 0.623. The summed E-state index contributed by atoms with van der Waals surface area (Å²) >= 11 is 21.2. The van der Waals surface area contributed by atoms with Crippen molar-refractivity contribution >= 4 is 107 Å². The van der Waals surface area contributed by atoms with E-state index in [0.29, 0.717) is 11.4 Å². The number of benzene rings is 2. The van der Waals surface area contributed by atoms with Crippen LogP contribution >= 0.6 is 95.6 Å². The van der Waals surface area contributed by atoms with E-state index in [1.54, 1.807) is 0 Å². The molecule has 0 aromatic heterocycles. The SMILES string of the molecule is Nc1ccc(-c2c(Br)c(Br)c(N)c(Br)c2Br)c(Br)c1Br. The van der Waals surface area contributed by atoms with Gasteiger partial charge in [-0.2, -0.15) is 0 Å². The zero-order valence-electron chi connectivity index (χ0n) is 9.58. The fourth-order valence-corrected chi connectivity index (χ4v) is 5.12. The number of hydrogen-bond acceptors (Lipinski definition) is 2. The summed E-state index contributed by atoms with van der Waals surface area (Å²) < 4.78 is 5.01. The number of nitrogen functional groups attached to an aromatic ring is 2. The number of rotatable bonds is 1. The standard InChI is InChI=1S/C12H6Br6N2/c13-6-3(1-2-4(19)7(6)14)5-8(15)10(17)12(20)11(18)9(5)16/h1-2H,19-20H2. The number of hydrogen-bond donors (Lipinski definition) is 2. The molecule has 0 saturated carbocycles. The van der Waals surface area contributed by atoms with E-state index in [1.807, 2.05) is 12.1 Å². The van der Waals surface area contributed by atoms with E-state index in [1.165, 1.54) is 0 Å². The van der Waals surface area contributed by atoms with Gasteiger partial charge in [0.15, 0.2) is 0 Å². The van der Waals surface area contributed by atoms with Crippen LogP contribution in [0.15, 0.2) is 39.0 Å². The van der Waals surface area contributed by atoms with Gasteiger partial charge < -0.3 is 11.5 Å². The molecule has 0 saturated heterocycles. The molecule has 2 aromatic rings. The minimum absolute atomic E-state index is 0.623. The van der Waals surface area contributed by atoms with Crippen molar-refractivity contribution in [3.63, 3.8) is 0 Å². The van der Waals surface area contributed by atoms with Crippen LogP contribution in [0, 0.1) is 0 Å². The monoisotopic (exact) mass is 652 g/mol. The molecule has 0 atom stereocenters. The highest BCUT2D eigenvalue weighted by molar-refractivity contribution is 9.14. The van der Waals surface area contributed by atoms with Crippen molar-refractivity contribution in [2.75, 3.05) is 11.5 Å². The van der Waals surface area contributed by atoms with E-state index in [4.69, 9.17) is 11.5 Å². The van der Waals surface area contributed by atoms with Gasteiger partial charge in [0, 0.05) is 24.7 Å². The summed E-state index contributed by atoms with van der Waals surface area (Å²) in [5, 5.41) is 0. The van der Waals surface area contributed by atoms with E-state index >= 15 is 0 Å². The van der Waals surface area contributed by atoms with Crippen LogP contribution in [0.3, 0.4) is 0 Å². The molecule has 4 N–H and O–H groups in total. The lowest BCUT2D eigenvalue weighted by Gasteiger charge is -2.16. The normalized spacial score (nSPS) is 10.9. The first kappa shape index (κ1) is 17.3. The van der Waals surface area contributed by atoms with Crippen LogP contribution in [0.1, 0.15) is 0 Å². The quantitative estimate of drug-likeness (QED) is 0.254. The third kappa shape index (κ3) is 2.88. The summed E-state index contributed by atoms with van der Waals surface area (Å²) in [5.41, 5.74) is 15.1. The Morgan fingerprint density at radius 1 is 0.600 bits per heavy atom. The molecule has 106 valence electrons. The second kappa shape index (κ2) is 6.58. The van der Waals surface area contributed by atoms with Crippen molar-refractivity contribution < 1.29 is 0 Å². The average molecular weight is 658 g/mol. The summed E-state index contributed by atoms with van der Waals surface area (Å²) in [6.07, 6.45) is 0. The van der Waals surface area contributed by atoms with Gasteiger partial charge in [-0.15, -0.1) is 0 Å². The lowest BCUT2D eigenvalue weighted by Crippen LogP contribution is -1.96. The molecule has 2 aromatic carbocycles. The van der Waals surface area contributed by atoms with Crippen molar-refractivity contribution in [3.05, 3.63) is 39.0 Å². The number of halogens is 6. The average Bonchev–Trinajstić information content (AvgIpc) is 2.43. The molecule has 0 spiro atoms. The zero-order chi connectivity index (χ0) is 15.2. The lowest BCUT2D eigenvalue weighted by molar-refractivity contribution is 1.46. The fourth-order valence-electron chi connectivity index (χ4n) is 1.64. The highest BCUT2D eigenvalue weighted by atomic mass is 79.9. The molecule has 8 heteroatoms. The molecule has 20 heavy (non-hydrogen) atoms. The largest absolute Gasteiger partial charge is 0.398 e. The molecule has 0 fully saturated rings. The van der Waals surface area contributed by atoms with E-state index < -0.39 is 0 Å². The zero-order valence-corrected chi connectivity index (χ0v) is 19.1. The molecule has 0 aliphatic carbocycles. The second-order valence-corrected chi connectivity index (χ2v) is 8.63. The Hall–Kier alpha value is 0.920. The van der Waals surface area contributed by atoms with Gasteiger partial charge >= 0.3 is 0 Å². The van der Waals surface area contributed by atoms with Crippen LogP contribution in [0.5, 0.6) is 0 Å². The van der Waals surface area contributed by atoms with Crippen LogP contribution < -0.4 is 11.5 Å². The first-order valence-electron chi connectivity index (χ1n) is 5.12. The van der Waals surface area contributed by atoms with E-state index in [9.17, 15) is 0 Å². The smallest absolute Gasteiger partial charge is 0.0626 e. The Balaban J connectivity index is 2.87. The van der Waals surface area contributed by atoms with Crippen LogP contribution in [0.2, 0.25) is 0 Å². The molecule has 0 radical (unpaired) electrons. The second-order valence-electron chi connectivity index (χ2n) is 3.87. The van der Waals surface area contributed by atoms with Gasteiger partial charge in [-0.05, 0) is 107 Å². The number of nitrogens with two attached hydrogens (primary N) is 2. The predicted molar refractivity (Wildman–Crippen MR) is 107 cm³/mol. The van der Waals surface area contributed by atoms with Gasteiger partial charge in [-0.1, -0.05) is 6.07 Å². The van der Waals surface area contributed by atoms with E-state index in [-0.39, 0.29) is 0 Å². The van der Waals surface area contributed by atoms with E-state index in [0.717, 1.165) is 38.0 Å². The number of anilines is 2. The molecule has 0 amide bonds. The van der Waals surface area contributed by atoms with Gasteiger partial charge in [0.05, 0.1) is 19.1 Å². The Bertz CT molecular complexity index is 685. The summed E-state index contributed by atoms with van der Waals surface area (Å²) in [5.74, 6) is 0. The molecule has 2 nitrogen and oxygen atoms in total. The molecule has 0 heterocycles. The van der Waals surface area contributed by atoms with Crippen molar-refractivity contribution in [3.8, 4) is 11.1 Å². The van der Waals surface area contributed by atoms with Gasteiger partial charge in [0.25, 0.3) is 0 Å². The van der Waals surface area contributed by atoms with Crippen LogP contribution in [-0.4, -0.2) is 0 Å². The molecular weight excluding hydrogens is 652 g/mol. The highest BCUT2D eigenvalue weighted by Gasteiger charge is 2.21. The summed E-state index contributed by atoms with van der Waals surface area (Å²) in [6.45, 7) is 0. The molecule has 0 aliphatic heterocycles. The summed E-state index contributed by atoms with van der Waals surface area (Å²) in [6, 6.07) is 3.80. The molecule has 0 bridgehead atoms. The van der Waals surface area contributed by atoms with Gasteiger partial charge in [0.1, 0.15) is 0 Å². The Morgan fingerprint density at radius 2 is 1.10 bits per heavy atom. The topological polar surface area (TPSA) is 52.0 Å². The van der Waals surface area contributed by atoms with Crippen molar-refractivity contribution in [1.29, 1.82) is 0 Å². The predicted octanol–water partition coefficient (Wildman–Crippen LogP) is 7.09. The summed E-state index contributed by atoms with van der Waals surface area (Å²) in [4.78, 5) is 0. The van der Waals surface area contributed by atoms with Gasteiger partial charge in [-0.25, -0.2) is 0 Å². The summed E-state index contributed by atoms with van der Waals surface area (Å²) in [7, 11) is 0. The Morgan fingerprint density at radius 3 is 1.60 bits per heavy atom. The molecule has 0 unspecified atom stereocenters. The maximum absolute atomic E-state index is 6.03. The lowest BCUT2D eigenvalue weighted by atomic mass is 10.0. The maximum Gasteiger partial charge on any atom is 0.0626 e. The highest BCUT2D eigenvalue weighted by Crippen LogP contribution is 2.50. The first-order valence-corrected chi connectivity index (χ1v) is 9.88. The van der Waals surface area contributed by atoms with E-state index in [2.05, 4.69) is 95.6 Å². The van der Waals surface area contributed by atoms with Gasteiger partial charge in [0.2, 0.25) is 0 Å². The maximum atomic E-state index is 6.03. The van der Waals surface area contributed by atoms with Gasteiger partial charge in [-0.3, -0.25) is 0 Å².